The first kappa shape index (κ1) is 15.3. The van der Waals surface area contributed by atoms with Gasteiger partial charge < -0.3 is 5.32 Å². The minimum absolute atomic E-state index is 0.291. The van der Waals surface area contributed by atoms with Gasteiger partial charge in [0, 0.05) is 31.9 Å². The molecule has 0 spiro atoms. The second-order valence-corrected chi connectivity index (χ2v) is 6.29. The van der Waals surface area contributed by atoms with Crippen LogP contribution in [0.2, 0.25) is 5.28 Å². The molecule has 1 aliphatic rings. The van der Waals surface area contributed by atoms with Crippen molar-refractivity contribution in [3.05, 3.63) is 53.4 Å². The molecule has 2 atom stereocenters. The second kappa shape index (κ2) is 7.07. The topological polar surface area (TPSA) is 41.0 Å². The highest BCUT2D eigenvalue weighted by Gasteiger charge is 2.26. The van der Waals surface area contributed by atoms with Crippen LogP contribution < -0.4 is 5.32 Å². The van der Waals surface area contributed by atoms with Crippen molar-refractivity contribution >= 4 is 17.4 Å². The summed E-state index contributed by atoms with van der Waals surface area (Å²) in [6.45, 7) is 5.50. The molecule has 1 aromatic heterocycles. The number of piperidine rings is 1. The summed E-state index contributed by atoms with van der Waals surface area (Å²) >= 11 is 5.84. The minimum atomic E-state index is 0.291. The van der Waals surface area contributed by atoms with Crippen LogP contribution in [0.25, 0.3) is 0 Å². The van der Waals surface area contributed by atoms with E-state index >= 15 is 0 Å². The number of anilines is 1. The molecule has 0 radical (unpaired) electrons. The van der Waals surface area contributed by atoms with Crippen LogP contribution in [0.3, 0.4) is 0 Å². The van der Waals surface area contributed by atoms with Crippen molar-refractivity contribution in [1.29, 1.82) is 0 Å². The third-order valence-electron chi connectivity index (χ3n) is 4.20. The van der Waals surface area contributed by atoms with Crippen LogP contribution in [-0.2, 0) is 6.54 Å². The average Bonchev–Trinajstić information content (AvgIpc) is 2.51. The largest absolute Gasteiger partial charge is 0.367 e. The van der Waals surface area contributed by atoms with Crippen LogP contribution in [0.1, 0.15) is 18.9 Å². The van der Waals surface area contributed by atoms with E-state index in [2.05, 4.69) is 57.4 Å². The smallest absolute Gasteiger partial charge is 0.224 e. The van der Waals surface area contributed by atoms with Gasteiger partial charge in [0.05, 0.1) is 0 Å². The molecular formula is C17H21ClN4. The molecule has 0 saturated carbocycles. The van der Waals surface area contributed by atoms with E-state index in [1.165, 1.54) is 5.56 Å². The number of hydrogen-bond donors (Lipinski definition) is 1. The van der Waals surface area contributed by atoms with E-state index in [9.17, 15) is 0 Å². The van der Waals surface area contributed by atoms with E-state index in [1.54, 1.807) is 6.20 Å². The number of hydrogen-bond acceptors (Lipinski definition) is 4. The van der Waals surface area contributed by atoms with Crippen LogP contribution in [0.4, 0.5) is 5.82 Å². The molecule has 2 unspecified atom stereocenters. The zero-order chi connectivity index (χ0) is 15.4. The monoisotopic (exact) mass is 316 g/mol. The predicted molar refractivity (Wildman–Crippen MR) is 90.0 cm³/mol. The lowest BCUT2D eigenvalue weighted by molar-refractivity contribution is 0.164. The first-order valence-electron chi connectivity index (χ1n) is 7.72. The van der Waals surface area contributed by atoms with E-state index in [0.29, 0.717) is 17.2 Å². The molecule has 3 rings (SSSR count). The molecule has 5 heteroatoms. The van der Waals surface area contributed by atoms with Crippen LogP contribution in [0.5, 0.6) is 0 Å². The van der Waals surface area contributed by atoms with Crippen molar-refractivity contribution in [1.82, 2.24) is 14.9 Å². The number of nitrogens with zero attached hydrogens (tertiary/aromatic N) is 3. The van der Waals surface area contributed by atoms with E-state index < -0.39 is 0 Å². The summed E-state index contributed by atoms with van der Waals surface area (Å²) in [5, 5.41) is 3.78. The Morgan fingerprint density at radius 2 is 2.09 bits per heavy atom. The Labute approximate surface area is 136 Å². The zero-order valence-electron chi connectivity index (χ0n) is 12.7. The number of halogens is 1. The Bertz CT molecular complexity index is 605. The molecule has 4 nitrogen and oxygen atoms in total. The molecule has 2 aromatic rings. The summed E-state index contributed by atoms with van der Waals surface area (Å²) in [7, 11) is 0. The first-order chi connectivity index (χ1) is 10.7. The predicted octanol–water partition coefficient (Wildman–Crippen LogP) is 3.45. The maximum atomic E-state index is 5.84. The molecule has 1 N–H and O–H groups in total. The summed E-state index contributed by atoms with van der Waals surface area (Å²) in [5.74, 6) is 1.37. The van der Waals surface area contributed by atoms with Crippen molar-refractivity contribution in [3.8, 4) is 0 Å². The number of rotatable bonds is 4. The molecule has 0 amide bonds. The molecule has 1 aromatic carbocycles. The molecule has 0 bridgehead atoms. The average molecular weight is 317 g/mol. The Balaban J connectivity index is 1.56. The summed E-state index contributed by atoms with van der Waals surface area (Å²) in [6, 6.07) is 13.0. The van der Waals surface area contributed by atoms with Crippen LogP contribution in [0.15, 0.2) is 42.6 Å². The highest BCUT2D eigenvalue weighted by Crippen LogP contribution is 2.22. The standard InChI is InChI=1S/C17H21ClN4/c1-13-11-22(12-14-5-3-2-4-6-14)10-8-15(13)20-16-7-9-19-17(18)21-16/h2-7,9,13,15H,8,10-12H2,1H3,(H,19,20,21). The Kier molecular flexibility index (Phi) is 4.90. The van der Waals surface area contributed by atoms with Crippen molar-refractivity contribution < 1.29 is 0 Å². The molecule has 116 valence electrons. The lowest BCUT2D eigenvalue weighted by atomic mass is 9.93. The Hall–Kier alpha value is -1.65. The lowest BCUT2D eigenvalue weighted by Gasteiger charge is -2.37. The number of aromatic nitrogens is 2. The van der Waals surface area contributed by atoms with E-state index in [-0.39, 0.29) is 0 Å². The van der Waals surface area contributed by atoms with Crippen LogP contribution in [-0.4, -0.2) is 34.0 Å². The van der Waals surface area contributed by atoms with Crippen molar-refractivity contribution in [2.45, 2.75) is 25.9 Å². The van der Waals surface area contributed by atoms with Gasteiger partial charge >= 0.3 is 0 Å². The van der Waals surface area contributed by atoms with Gasteiger partial charge in [0.1, 0.15) is 5.82 Å². The summed E-state index contributed by atoms with van der Waals surface area (Å²) in [6.07, 6.45) is 2.79. The normalized spacial score (nSPS) is 22.5. The second-order valence-electron chi connectivity index (χ2n) is 5.95. The van der Waals surface area contributed by atoms with Gasteiger partial charge in [-0.05, 0) is 35.6 Å². The van der Waals surface area contributed by atoms with E-state index in [1.807, 2.05) is 6.07 Å². The van der Waals surface area contributed by atoms with E-state index in [4.69, 9.17) is 11.6 Å². The molecule has 0 aliphatic carbocycles. The lowest BCUT2D eigenvalue weighted by Crippen LogP contribution is -2.44. The van der Waals surface area contributed by atoms with Gasteiger partial charge in [-0.15, -0.1) is 0 Å². The Morgan fingerprint density at radius 3 is 2.82 bits per heavy atom. The minimum Gasteiger partial charge on any atom is -0.367 e. The van der Waals surface area contributed by atoms with Crippen molar-refractivity contribution in [2.75, 3.05) is 18.4 Å². The third kappa shape index (κ3) is 3.96. The van der Waals surface area contributed by atoms with Gasteiger partial charge in [0.2, 0.25) is 5.28 Å². The third-order valence-corrected chi connectivity index (χ3v) is 4.38. The van der Waals surface area contributed by atoms with E-state index in [0.717, 1.165) is 31.9 Å². The molecular weight excluding hydrogens is 296 g/mol. The maximum Gasteiger partial charge on any atom is 0.224 e. The number of nitrogens with one attached hydrogen (secondary N) is 1. The van der Waals surface area contributed by atoms with Gasteiger partial charge in [-0.25, -0.2) is 9.97 Å². The Morgan fingerprint density at radius 1 is 1.27 bits per heavy atom. The fourth-order valence-corrected chi connectivity index (χ4v) is 3.18. The summed E-state index contributed by atoms with van der Waals surface area (Å²) in [5.41, 5.74) is 1.38. The summed E-state index contributed by atoms with van der Waals surface area (Å²) in [4.78, 5) is 10.7. The van der Waals surface area contributed by atoms with Gasteiger partial charge in [-0.3, -0.25) is 4.90 Å². The van der Waals surface area contributed by atoms with Crippen molar-refractivity contribution in [2.24, 2.45) is 5.92 Å². The number of likely N-dealkylation sites (tertiary alicyclic amines) is 1. The van der Waals surface area contributed by atoms with Gasteiger partial charge in [-0.2, -0.15) is 0 Å². The maximum absolute atomic E-state index is 5.84. The number of benzene rings is 1. The van der Waals surface area contributed by atoms with Crippen LogP contribution in [0, 0.1) is 5.92 Å². The fourth-order valence-electron chi connectivity index (χ4n) is 3.04. The van der Waals surface area contributed by atoms with Crippen LogP contribution >= 0.6 is 11.6 Å². The highest BCUT2D eigenvalue weighted by atomic mass is 35.5. The zero-order valence-corrected chi connectivity index (χ0v) is 13.5. The molecule has 2 heterocycles. The van der Waals surface area contributed by atoms with Gasteiger partial charge in [-0.1, -0.05) is 37.3 Å². The molecule has 22 heavy (non-hydrogen) atoms. The van der Waals surface area contributed by atoms with Crippen molar-refractivity contribution in [3.63, 3.8) is 0 Å². The summed E-state index contributed by atoms with van der Waals surface area (Å²) < 4.78 is 0. The quantitative estimate of drug-likeness (QED) is 0.877. The molecule has 1 aliphatic heterocycles. The van der Waals surface area contributed by atoms with Gasteiger partial charge in [0.15, 0.2) is 0 Å². The highest BCUT2D eigenvalue weighted by molar-refractivity contribution is 6.28. The molecule has 1 saturated heterocycles. The SMILES string of the molecule is CC1CN(Cc2ccccc2)CCC1Nc1ccnc(Cl)n1. The molecule has 1 fully saturated rings. The fraction of sp³-hybridized carbons (Fsp3) is 0.412. The first-order valence-corrected chi connectivity index (χ1v) is 8.10. The van der Waals surface area contributed by atoms with Gasteiger partial charge in [0.25, 0.3) is 0 Å².